The van der Waals surface area contributed by atoms with Gasteiger partial charge in [0.05, 0.1) is 13.0 Å². The van der Waals surface area contributed by atoms with Gasteiger partial charge in [-0.1, -0.05) is 6.07 Å². The number of hydrogen-bond donors (Lipinski definition) is 1. The summed E-state index contributed by atoms with van der Waals surface area (Å²) in [7, 11) is 1.51. The molecule has 0 bridgehead atoms. The third-order valence-corrected chi connectivity index (χ3v) is 4.00. The summed E-state index contributed by atoms with van der Waals surface area (Å²) in [5.41, 5.74) is 0.617. The summed E-state index contributed by atoms with van der Waals surface area (Å²) in [4.78, 5) is 13.1. The van der Waals surface area contributed by atoms with Crippen LogP contribution in [0.4, 0.5) is 4.39 Å². The van der Waals surface area contributed by atoms with E-state index in [0.29, 0.717) is 37.2 Å². The molecule has 1 heterocycles. The third kappa shape index (κ3) is 3.28. The molecule has 1 saturated heterocycles. The molecule has 0 radical (unpaired) electrons. The molecule has 0 amide bonds. The molecule has 1 aliphatic heterocycles. The quantitative estimate of drug-likeness (QED) is 0.921. The minimum atomic E-state index is -0.730. The number of ether oxygens (including phenoxy) is 1. The number of aliphatic carboxylic acids is 1. The minimum absolute atomic E-state index is 0.145. The van der Waals surface area contributed by atoms with E-state index < -0.39 is 5.97 Å². The van der Waals surface area contributed by atoms with Crippen LogP contribution in [-0.4, -0.2) is 35.7 Å². The van der Waals surface area contributed by atoms with Gasteiger partial charge in [0.2, 0.25) is 0 Å². The van der Waals surface area contributed by atoms with Crippen LogP contribution in [0.1, 0.15) is 25.3 Å². The highest BCUT2D eigenvalue weighted by atomic mass is 19.1. The Hall–Kier alpha value is -1.62. The molecule has 5 heteroatoms. The van der Waals surface area contributed by atoms with E-state index in [2.05, 4.69) is 4.90 Å². The first-order valence-corrected chi connectivity index (χ1v) is 6.80. The first kappa shape index (κ1) is 14.8. The number of likely N-dealkylation sites (tertiary alicyclic amines) is 1. The highest BCUT2D eigenvalue weighted by Crippen LogP contribution is 2.26. The number of nitrogens with zero attached hydrogens (tertiary/aromatic N) is 1. The lowest BCUT2D eigenvalue weighted by molar-refractivity contribution is -0.144. The van der Waals surface area contributed by atoms with Crippen molar-refractivity contribution >= 4 is 5.97 Å². The Labute approximate surface area is 118 Å². The van der Waals surface area contributed by atoms with E-state index in [4.69, 9.17) is 9.84 Å². The van der Waals surface area contributed by atoms with E-state index in [1.807, 2.05) is 6.92 Å². The van der Waals surface area contributed by atoms with E-state index >= 15 is 0 Å². The Morgan fingerprint density at radius 2 is 2.30 bits per heavy atom. The van der Waals surface area contributed by atoms with Crippen molar-refractivity contribution < 1.29 is 19.0 Å². The van der Waals surface area contributed by atoms with Gasteiger partial charge in [0.1, 0.15) is 11.6 Å². The van der Waals surface area contributed by atoms with Gasteiger partial charge in [0, 0.05) is 24.2 Å². The van der Waals surface area contributed by atoms with Crippen molar-refractivity contribution in [2.75, 3.05) is 13.7 Å². The van der Waals surface area contributed by atoms with Crippen molar-refractivity contribution in [3.63, 3.8) is 0 Å². The molecular formula is C15H20FNO3. The molecule has 0 aromatic heterocycles. The third-order valence-electron chi connectivity index (χ3n) is 4.00. The average Bonchev–Trinajstić information content (AvgIpc) is 2.42. The number of carbonyl (C=O) groups is 1. The van der Waals surface area contributed by atoms with Gasteiger partial charge in [0.25, 0.3) is 0 Å². The van der Waals surface area contributed by atoms with E-state index in [1.165, 1.54) is 13.2 Å². The van der Waals surface area contributed by atoms with Crippen LogP contribution >= 0.6 is 0 Å². The predicted molar refractivity (Wildman–Crippen MR) is 73.2 cm³/mol. The van der Waals surface area contributed by atoms with Crippen LogP contribution in [0.3, 0.4) is 0 Å². The topological polar surface area (TPSA) is 49.8 Å². The van der Waals surface area contributed by atoms with Gasteiger partial charge in [-0.2, -0.15) is 0 Å². The van der Waals surface area contributed by atoms with Crippen molar-refractivity contribution in [3.8, 4) is 5.75 Å². The monoisotopic (exact) mass is 281 g/mol. The summed E-state index contributed by atoms with van der Waals surface area (Å²) >= 11 is 0. The summed E-state index contributed by atoms with van der Waals surface area (Å²) in [6.07, 6.45) is 1.24. The number of piperidine rings is 1. The van der Waals surface area contributed by atoms with Crippen LogP contribution in [0.15, 0.2) is 18.2 Å². The van der Waals surface area contributed by atoms with Gasteiger partial charge in [-0.15, -0.1) is 0 Å². The van der Waals surface area contributed by atoms with Crippen LogP contribution in [0.5, 0.6) is 5.75 Å². The lowest BCUT2D eigenvalue weighted by Gasteiger charge is -2.36. The summed E-state index contributed by atoms with van der Waals surface area (Å²) in [5, 5.41) is 9.04. The van der Waals surface area contributed by atoms with Crippen LogP contribution < -0.4 is 4.74 Å². The molecule has 20 heavy (non-hydrogen) atoms. The molecule has 1 aliphatic rings. The fraction of sp³-hybridized carbons (Fsp3) is 0.533. The summed E-state index contributed by atoms with van der Waals surface area (Å²) in [5.74, 6) is -0.783. The molecule has 2 rings (SSSR count). The Balaban J connectivity index is 2.02. The number of methoxy groups -OCH3 is 1. The first-order valence-electron chi connectivity index (χ1n) is 6.80. The van der Waals surface area contributed by atoms with Crippen molar-refractivity contribution in [2.45, 2.75) is 32.4 Å². The maximum atomic E-state index is 13.9. The fourth-order valence-electron chi connectivity index (χ4n) is 2.68. The zero-order chi connectivity index (χ0) is 14.7. The van der Waals surface area contributed by atoms with Gasteiger partial charge in [-0.25, -0.2) is 4.39 Å². The number of hydrogen-bond acceptors (Lipinski definition) is 3. The van der Waals surface area contributed by atoms with E-state index in [9.17, 15) is 9.18 Å². The normalized spacial score (nSPS) is 23.6. The minimum Gasteiger partial charge on any atom is -0.497 e. The molecule has 0 saturated carbocycles. The molecular weight excluding hydrogens is 261 g/mol. The second-order valence-electron chi connectivity index (χ2n) is 5.34. The standard InChI is InChI=1S/C15H20FNO3/c1-10-7-11(15(18)19)5-6-17(10)9-12-3-4-13(20-2)8-14(12)16/h3-4,8,10-11H,5-7,9H2,1-2H3,(H,18,19). The number of benzene rings is 1. The van der Waals surface area contributed by atoms with Crippen molar-refractivity contribution in [1.82, 2.24) is 4.90 Å². The Kier molecular flexibility index (Phi) is 4.60. The smallest absolute Gasteiger partial charge is 0.306 e. The predicted octanol–water partition coefficient (Wildman–Crippen LogP) is 2.52. The Morgan fingerprint density at radius 3 is 2.85 bits per heavy atom. The zero-order valence-corrected chi connectivity index (χ0v) is 11.8. The van der Waals surface area contributed by atoms with Crippen molar-refractivity contribution in [1.29, 1.82) is 0 Å². The van der Waals surface area contributed by atoms with Gasteiger partial charge < -0.3 is 9.84 Å². The number of carboxylic acid groups (broad SMARTS) is 1. The van der Waals surface area contributed by atoms with E-state index in [-0.39, 0.29) is 17.8 Å². The molecule has 1 aromatic carbocycles. The first-order chi connectivity index (χ1) is 9.51. The SMILES string of the molecule is COc1ccc(CN2CCC(C(=O)O)CC2C)c(F)c1. The molecule has 110 valence electrons. The summed E-state index contributed by atoms with van der Waals surface area (Å²) in [6, 6.07) is 4.99. The molecule has 1 N–H and O–H groups in total. The molecule has 1 fully saturated rings. The lowest BCUT2D eigenvalue weighted by atomic mass is 9.91. The Morgan fingerprint density at radius 1 is 1.55 bits per heavy atom. The molecule has 4 nitrogen and oxygen atoms in total. The summed E-state index contributed by atoms with van der Waals surface area (Å²) in [6.45, 7) is 3.18. The van der Waals surface area contributed by atoms with E-state index in [1.54, 1.807) is 12.1 Å². The second-order valence-corrected chi connectivity index (χ2v) is 5.34. The lowest BCUT2D eigenvalue weighted by Crippen LogP contribution is -2.42. The van der Waals surface area contributed by atoms with Crippen molar-refractivity contribution in [3.05, 3.63) is 29.6 Å². The maximum Gasteiger partial charge on any atom is 0.306 e. The highest BCUT2D eigenvalue weighted by molar-refractivity contribution is 5.70. The van der Waals surface area contributed by atoms with Crippen LogP contribution in [0.2, 0.25) is 0 Å². The van der Waals surface area contributed by atoms with E-state index in [0.717, 1.165) is 0 Å². The largest absolute Gasteiger partial charge is 0.497 e. The van der Waals surface area contributed by atoms with Gasteiger partial charge in [0.15, 0.2) is 0 Å². The van der Waals surface area contributed by atoms with Gasteiger partial charge >= 0.3 is 5.97 Å². The molecule has 1 aromatic rings. The molecule has 0 spiro atoms. The molecule has 0 aliphatic carbocycles. The molecule has 2 unspecified atom stereocenters. The van der Waals surface area contributed by atoms with Crippen LogP contribution in [0.25, 0.3) is 0 Å². The zero-order valence-electron chi connectivity index (χ0n) is 11.8. The number of rotatable bonds is 4. The number of carboxylic acids is 1. The highest BCUT2D eigenvalue weighted by Gasteiger charge is 2.29. The Bertz CT molecular complexity index is 492. The van der Waals surface area contributed by atoms with Crippen molar-refractivity contribution in [2.24, 2.45) is 5.92 Å². The van der Waals surface area contributed by atoms with Crippen LogP contribution in [0, 0.1) is 11.7 Å². The van der Waals surface area contributed by atoms with Gasteiger partial charge in [-0.3, -0.25) is 9.69 Å². The molecule has 2 atom stereocenters. The van der Waals surface area contributed by atoms with Gasteiger partial charge in [-0.05, 0) is 32.4 Å². The number of halogens is 1. The van der Waals surface area contributed by atoms with Crippen LogP contribution in [-0.2, 0) is 11.3 Å². The summed E-state index contributed by atoms with van der Waals surface area (Å²) < 4.78 is 18.9. The fourth-order valence-corrected chi connectivity index (χ4v) is 2.68. The maximum absolute atomic E-state index is 13.9. The second kappa shape index (κ2) is 6.22. The average molecular weight is 281 g/mol.